The number of rotatable bonds is 13. The highest BCUT2D eigenvalue weighted by Crippen LogP contribution is 2.46. The summed E-state index contributed by atoms with van der Waals surface area (Å²) in [7, 11) is 1.90. The first-order chi connectivity index (χ1) is 36.7. The van der Waals surface area contributed by atoms with Crippen LogP contribution in [0.3, 0.4) is 0 Å². The molecule has 2 atom stereocenters. The first-order valence-electron chi connectivity index (χ1n) is 25.9. The van der Waals surface area contributed by atoms with Crippen LogP contribution in [0.1, 0.15) is 108 Å². The van der Waals surface area contributed by atoms with Gasteiger partial charge in [0.1, 0.15) is 22.8 Å². The quantitative estimate of drug-likeness (QED) is 0.0928. The number of alkyl halides is 3. The second kappa shape index (κ2) is 20.9. The van der Waals surface area contributed by atoms with Crippen molar-refractivity contribution >= 4 is 72.8 Å². The van der Waals surface area contributed by atoms with E-state index in [-0.39, 0.29) is 46.7 Å². The number of piperazine rings is 1. The SMILES string of the molecule is C[C@H](CCC1CCC(Oc2cccc(-c3ccc(N4CCc5ccnc(C(=O)Nc6nc7ccccc7s6)c5C4)nc3C(=O)O)c2C(F)(F)F)CC1)N1CCN(c2cccc3c(C4CCC(=O)NC4=O)nn(C)c23)CC1. The van der Waals surface area contributed by atoms with Gasteiger partial charge in [0.25, 0.3) is 5.91 Å². The summed E-state index contributed by atoms with van der Waals surface area (Å²) in [4.78, 5) is 71.1. The van der Waals surface area contributed by atoms with Gasteiger partial charge in [0.2, 0.25) is 11.8 Å². The zero-order valence-electron chi connectivity index (χ0n) is 42.1. The van der Waals surface area contributed by atoms with E-state index in [9.17, 15) is 24.3 Å². The number of piperidine rings is 1. The highest BCUT2D eigenvalue weighted by molar-refractivity contribution is 7.22. The molecule has 2 saturated heterocycles. The number of hydrogen-bond donors (Lipinski definition) is 3. The summed E-state index contributed by atoms with van der Waals surface area (Å²) in [5, 5.41) is 21.9. The van der Waals surface area contributed by atoms with Gasteiger partial charge in [-0.3, -0.25) is 39.6 Å². The van der Waals surface area contributed by atoms with E-state index in [0.717, 1.165) is 84.2 Å². The lowest BCUT2D eigenvalue weighted by atomic mass is 9.83. The van der Waals surface area contributed by atoms with E-state index in [4.69, 9.17) is 9.84 Å². The molecule has 394 valence electrons. The van der Waals surface area contributed by atoms with E-state index in [2.05, 4.69) is 48.4 Å². The number of fused-ring (bicyclic) bond motifs is 3. The van der Waals surface area contributed by atoms with Crippen LogP contribution in [0.4, 0.5) is 29.8 Å². The predicted octanol–water partition coefficient (Wildman–Crippen LogP) is 9.62. The van der Waals surface area contributed by atoms with Crippen LogP contribution >= 0.6 is 11.3 Å². The second-order valence-corrected chi connectivity index (χ2v) is 21.4. The number of halogens is 3. The first-order valence-corrected chi connectivity index (χ1v) is 26.8. The van der Waals surface area contributed by atoms with Gasteiger partial charge >= 0.3 is 12.1 Å². The summed E-state index contributed by atoms with van der Waals surface area (Å²) in [6.45, 7) is 6.26. The summed E-state index contributed by atoms with van der Waals surface area (Å²) in [5.74, 6) is -2.64. The van der Waals surface area contributed by atoms with Gasteiger partial charge in [-0.05, 0) is 112 Å². The molecule has 20 heteroatoms. The van der Waals surface area contributed by atoms with Gasteiger partial charge in [-0.1, -0.05) is 47.7 Å². The number of thiazole rings is 1. The lowest BCUT2D eigenvalue weighted by Crippen LogP contribution is -2.49. The molecule has 76 heavy (non-hydrogen) atoms. The number of aryl methyl sites for hydroxylation is 1. The Labute approximate surface area is 440 Å². The number of nitrogens with zero attached hydrogens (tertiary/aromatic N) is 8. The number of imide groups is 1. The van der Waals surface area contributed by atoms with Gasteiger partial charge < -0.3 is 19.6 Å². The van der Waals surface area contributed by atoms with Gasteiger partial charge in [0.05, 0.1) is 39.1 Å². The number of aromatic nitrogens is 5. The maximum absolute atomic E-state index is 15.2. The molecule has 3 aromatic carbocycles. The van der Waals surface area contributed by atoms with Crippen molar-refractivity contribution in [3.8, 4) is 16.9 Å². The lowest BCUT2D eigenvalue weighted by molar-refractivity contribution is -0.139. The number of carboxylic acid groups (broad SMARTS) is 1. The van der Waals surface area contributed by atoms with Gasteiger partial charge in [0.15, 0.2) is 10.8 Å². The van der Waals surface area contributed by atoms with E-state index >= 15 is 13.2 Å². The summed E-state index contributed by atoms with van der Waals surface area (Å²) < 4.78 is 54.6. The Hall–Kier alpha value is -7.45. The van der Waals surface area contributed by atoms with Gasteiger partial charge in [-0.25, -0.2) is 14.8 Å². The summed E-state index contributed by atoms with van der Waals surface area (Å²) in [6.07, 6.45) is 2.31. The van der Waals surface area contributed by atoms with Crippen LogP contribution in [0.15, 0.2) is 85.1 Å². The standard InChI is InChI=1S/C56H57F3N10O6S/c1-32(67-27-29-68(30-28-67)42-10-5-8-38-48(65-66(2)51(38)42)39-20-22-46(70)63-52(39)71)13-14-33-15-17-35(18-16-33)75-43-11-6-7-36(47(43)56(57,58)59)37-19-21-45(62-50(37)54(73)74)69-26-24-34-23-25-60-49(40(34)31-69)53(72)64-55-61-41-9-3-4-12-44(41)76-55/h3-12,19,21,23,25,32-33,35,39H,13-18,20,22,24,26-31H2,1-2H3,(H,73,74)(H,61,64,72)(H,63,70,71)/t32-,33?,35?,39?/m1/s1. The molecule has 4 aromatic heterocycles. The van der Waals surface area contributed by atoms with Crippen molar-refractivity contribution in [1.82, 2.24) is 34.9 Å². The fourth-order valence-electron chi connectivity index (χ4n) is 11.7. The predicted molar refractivity (Wildman–Crippen MR) is 283 cm³/mol. The molecule has 3 amide bonds. The fourth-order valence-corrected chi connectivity index (χ4v) is 12.5. The fraction of sp³-hybridized carbons (Fsp3) is 0.393. The molecule has 0 spiro atoms. The zero-order chi connectivity index (χ0) is 52.8. The molecule has 7 heterocycles. The average molecular weight is 1060 g/mol. The van der Waals surface area contributed by atoms with Gasteiger partial charge in [0, 0.05) is 87.1 Å². The number of ether oxygens (including phenoxy) is 1. The highest BCUT2D eigenvalue weighted by Gasteiger charge is 2.40. The Morgan fingerprint density at radius 1 is 0.868 bits per heavy atom. The van der Waals surface area contributed by atoms with Crippen LogP contribution in [0.2, 0.25) is 0 Å². The van der Waals surface area contributed by atoms with Gasteiger partial charge in [-0.15, -0.1) is 0 Å². The Kier molecular flexibility index (Phi) is 14.0. The summed E-state index contributed by atoms with van der Waals surface area (Å²) >= 11 is 1.34. The number of amides is 3. The van der Waals surface area contributed by atoms with Crippen LogP contribution in [0.5, 0.6) is 5.75 Å². The van der Waals surface area contributed by atoms with E-state index in [0.29, 0.717) is 67.0 Å². The second-order valence-electron chi connectivity index (χ2n) is 20.4. The van der Waals surface area contributed by atoms with Gasteiger partial charge in [-0.2, -0.15) is 18.3 Å². The number of para-hydroxylation sites is 2. The number of carbonyl (C=O) groups is 4. The van der Waals surface area contributed by atoms with Crippen molar-refractivity contribution in [2.24, 2.45) is 13.0 Å². The molecule has 1 aliphatic carbocycles. The molecular weight excluding hydrogens is 998 g/mol. The minimum Gasteiger partial charge on any atom is -0.490 e. The van der Waals surface area contributed by atoms with Crippen molar-refractivity contribution < 1.29 is 42.2 Å². The van der Waals surface area contributed by atoms with Crippen LogP contribution in [0.25, 0.3) is 32.2 Å². The molecule has 0 radical (unpaired) electrons. The summed E-state index contributed by atoms with van der Waals surface area (Å²) in [5.41, 5.74) is 3.13. The number of benzene rings is 3. The normalized spacial score (nSPS) is 19.9. The van der Waals surface area contributed by atoms with E-state index in [1.165, 1.54) is 41.7 Å². The van der Waals surface area contributed by atoms with Crippen LogP contribution in [0, 0.1) is 5.92 Å². The zero-order valence-corrected chi connectivity index (χ0v) is 42.9. The first kappa shape index (κ1) is 50.7. The molecule has 1 unspecified atom stereocenters. The molecule has 4 aliphatic rings. The van der Waals surface area contributed by atoms with Crippen molar-refractivity contribution in [2.45, 2.75) is 95.5 Å². The van der Waals surface area contributed by atoms with E-state index in [1.54, 1.807) is 11.1 Å². The number of aromatic carboxylic acids is 1. The monoisotopic (exact) mass is 1050 g/mol. The number of pyridine rings is 2. The van der Waals surface area contributed by atoms with Crippen molar-refractivity contribution in [1.29, 1.82) is 0 Å². The largest absolute Gasteiger partial charge is 0.490 e. The van der Waals surface area contributed by atoms with Crippen molar-refractivity contribution in [3.63, 3.8) is 0 Å². The van der Waals surface area contributed by atoms with Crippen molar-refractivity contribution in [3.05, 3.63) is 119 Å². The molecule has 0 bridgehead atoms. The third-order valence-corrected chi connectivity index (χ3v) is 16.6. The number of carbonyl (C=O) groups excluding carboxylic acids is 3. The smallest absolute Gasteiger partial charge is 0.420 e. The number of carboxylic acids is 1. The number of hydrogen-bond acceptors (Lipinski definition) is 13. The topological polar surface area (TPSA) is 188 Å². The molecule has 3 aliphatic heterocycles. The third-order valence-electron chi connectivity index (χ3n) is 15.7. The maximum Gasteiger partial charge on any atom is 0.420 e. The Balaban J connectivity index is 0.710. The molecule has 16 nitrogen and oxygen atoms in total. The Morgan fingerprint density at radius 3 is 2.42 bits per heavy atom. The number of anilines is 3. The summed E-state index contributed by atoms with van der Waals surface area (Å²) in [6, 6.07) is 22.7. The molecule has 1 saturated carbocycles. The van der Waals surface area contributed by atoms with Crippen LogP contribution in [-0.2, 0) is 35.8 Å². The lowest BCUT2D eigenvalue weighted by Gasteiger charge is -2.40. The molecule has 3 N–H and O–H groups in total. The third kappa shape index (κ3) is 10.2. The minimum absolute atomic E-state index is 0.165. The number of nitrogens with one attached hydrogen (secondary N) is 2. The van der Waals surface area contributed by atoms with E-state index in [1.807, 2.05) is 54.2 Å². The Bertz CT molecular complexity index is 3350. The molecule has 7 aromatic rings. The highest BCUT2D eigenvalue weighted by atomic mass is 32.1. The van der Waals surface area contributed by atoms with Crippen LogP contribution in [-0.4, -0.2) is 103 Å². The van der Waals surface area contributed by atoms with E-state index < -0.39 is 41.3 Å². The molecular formula is C56H57F3N10O6S. The van der Waals surface area contributed by atoms with Crippen LogP contribution < -0.4 is 25.2 Å². The average Bonchev–Trinajstić information content (AvgIpc) is 4.03. The van der Waals surface area contributed by atoms with Crippen molar-refractivity contribution in [2.75, 3.05) is 47.8 Å². The maximum atomic E-state index is 15.2. The minimum atomic E-state index is -4.88. The molecule has 3 fully saturated rings. The Morgan fingerprint density at radius 2 is 1.66 bits per heavy atom. The molecule has 11 rings (SSSR count).